The number of rotatable bonds is 10. The number of aromatic nitrogens is 2. The minimum Gasteiger partial charge on any atom is -0.426 e. The third-order valence-electron chi connectivity index (χ3n) is 5.34. The average Bonchev–Trinajstić information content (AvgIpc) is 3.18. The molecular weight excluding hydrogens is 487 g/mol. The molecule has 3 rings (SSSR count). The van der Waals surface area contributed by atoms with E-state index in [1.165, 1.54) is 18.2 Å². The minimum atomic E-state index is -4.48. The number of carbonyl (C=O) groups excluding carboxylic acids is 1. The molecule has 1 aromatic heterocycles. The molecule has 188 valence electrons. The van der Waals surface area contributed by atoms with E-state index in [0.29, 0.717) is 17.0 Å². The van der Waals surface area contributed by atoms with E-state index in [9.17, 15) is 22.8 Å². The number of carbonyl (C=O) groups is 1. The number of nitrogens with zero attached hydrogens (tertiary/aromatic N) is 3. The van der Waals surface area contributed by atoms with Crippen molar-refractivity contribution in [1.82, 2.24) is 14.7 Å². The quantitative estimate of drug-likeness (QED) is 0.210. The molecule has 0 aliphatic rings. The van der Waals surface area contributed by atoms with Crippen molar-refractivity contribution in [3.05, 3.63) is 69.2 Å². The summed E-state index contributed by atoms with van der Waals surface area (Å²) in [6, 6.07) is 8.73. The molecule has 0 radical (unpaired) electrons. The zero-order chi connectivity index (χ0) is 25.6. The van der Waals surface area contributed by atoms with E-state index >= 15 is 0 Å². The molecule has 35 heavy (non-hydrogen) atoms. The van der Waals surface area contributed by atoms with Crippen molar-refractivity contribution in [3.8, 4) is 17.2 Å². The van der Waals surface area contributed by atoms with Gasteiger partial charge in [-0.1, -0.05) is 18.5 Å². The van der Waals surface area contributed by atoms with Gasteiger partial charge in [0, 0.05) is 22.6 Å². The second-order valence-corrected chi connectivity index (χ2v) is 8.42. The zero-order valence-corrected chi connectivity index (χ0v) is 20.0. The Kier molecular flexibility index (Phi) is 8.74. The molecule has 0 spiro atoms. The Morgan fingerprint density at radius 2 is 1.89 bits per heavy atom. The summed E-state index contributed by atoms with van der Waals surface area (Å²) >= 11 is 6.09. The van der Waals surface area contributed by atoms with Gasteiger partial charge >= 0.3 is 17.9 Å². The van der Waals surface area contributed by atoms with Crippen LogP contribution in [0.4, 0.5) is 13.2 Å². The third kappa shape index (κ3) is 7.43. The van der Waals surface area contributed by atoms with Crippen LogP contribution >= 0.6 is 11.6 Å². The smallest absolute Gasteiger partial charge is 0.426 e. The Morgan fingerprint density at radius 3 is 2.54 bits per heavy atom. The van der Waals surface area contributed by atoms with E-state index in [0.717, 1.165) is 36.3 Å². The van der Waals surface area contributed by atoms with Gasteiger partial charge in [0.25, 0.3) is 0 Å². The lowest BCUT2D eigenvalue weighted by Crippen LogP contribution is -2.19. The van der Waals surface area contributed by atoms with Gasteiger partial charge < -0.3 is 14.1 Å². The van der Waals surface area contributed by atoms with Gasteiger partial charge in [0.05, 0.1) is 12.1 Å². The van der Waals surface area contributed by atoms with Crippen LogP contribution in [0.25, 0.3) is 11.5 Å². The second kappa shape index (κ2) is 11.5. The van der Waals surface area contributed by atoms with Crippen molar-refractivity contribution in [2.75, 3.05) is 20.1 Å². The zero-order valence-electron chi connectivity index (χ0n) is 19.3. The maximum Gasteiger partial charge on any atom is 0.437 e. The average molecular weight is 512 g/mol. The van der Waals surface area contributed by atoms with Gasteiger partial charge in [0.2, 0.25) is 5.89 Å². The fraction of sp³-hybridized carbons (Fsp3) is 0.375. The minimum absolute atomic E-state index is 0.118. The van der Waals surface area contributed by atoms with Crippen LogP contribution in [-0.2, 0) is 17.5 Å². The van der Waals surface area contributed by atoms with E-state index < -0.39 is 23.5 Å². The highest BCUT2D eigenvalue weighted by molar-refractivity contribution is 6.30. The van der Waals surface area contributed by atoms with Crippen molar-refractivity contribution in [1.29, 1.82) is 0 Å². The number of hydrogen-bond acceptors (Lipinski definition) is 6. The molecule has 1 heterocycles. The number of benzene rings is 2. The molecule has 0 atom stereocenters. The molecule has 2 aromatic carbocycles. The molecule has 7 nitrogen and oxygen atoms in total. The molecule has 0 amide bonds. The number of unbranched alkanes of at least 4 members (excludes halogenated alkanes) is 1. The third-order valence-corrected chi connectivity index (χ3v) is 5.58. The molecule has 0 saturated carbocycles. The molecular formula is C24H25ClF3N3O4. The van der Waals surface area contributed by atoms with E-state index in [1.807, 2.05) is 7.05 Å². The number of esters is 1. The summed E-state index contributed by atoms with van der Waals surface area (Å²) in [4.78, 5) is 26.8. The SMILES string of the molecule is CCN(C)CCCCC(=O)Oc1ccc(Cl)cc1Cn1nc(-c2ccc(C(F)(F)F)cc2)oc1=O. The molecule has 0 saturated heterocycles. The fourth-order valence-electron chi connectivity index (χ4n) is 3.24. The first-order valence-corrected chi connectivity index (χ1v) is 11.4. The van der Waals surface area contributed by atoms with Gasteiger partial charge in [0.15, 0.2) is 0 Å². The maximum absolute atomic E-state index is 12.8. The van der Waals surface area contributed by atoms with Crippen LogP contribution in [0.5, 0.6) is 5.75 Å². The van der Waals surface area contributed by atoms with Crippen molar-refractivity contribution < 1.29 is 27.1 Å². The summed E-state index contributed by atoms with van der Waals surface area (Å²) in [6.07, 6.45) is -2.72. The van der Waals surface area contributed by atoms with Gasteiger partial charge in [-0.15, -0.1) is 5.10 Å². The highest BCUT2D eigenvalue weighted by Crippen LogP contribution is 2.30. The normalized spacial score (nSPS) is 11.7. The lowest BCUT2D eigenvalue weighted by molar-refractivity contribution is -0.137. The lowest BCUT2D eigenvalue weighted by atomic mass is 10.1. The Bertz CT molecular complexity index is 1210. The van der Waals surface area contributed by atoms with Crippen molar-refractivity contribution >= 4 is 17.6 Å². The van der Waals surface area contributed by atoms with Crippen LogP contribution in [-0.4, -0.2) is 40.8 Å². The van der Waals surface area contributed by atoms with E-state index in [1.54, 1.807) is 12.1 Å². The molecule has 0 fully saturated rings. The summed E-state index contributed by atoms with van der Waals surface area (Å²) in [5, 5.41) is 4.43. The Hall–Kier alpha value is -3.11. The number of halogens is 4. The summed E-state index contributed by atoms with van der Waals surface area (Å²) in [5.74, 6) is -1.14. The maximum atomic E-state index is 12.8. The van der Waals surface area contributed by atoms with Crippen LogP contribution < -0.4 is 10.5 Å². The summed E-state index contributed by atoms with van der Waals surface area (Å²) in [7, 11) is 2.01. The van der Waals surface area contributed by atoms with Crippen LogP contribution in [0.3, 0.4) is 0 Å². The molecule has 3 aromatic rings. The van der Waals surface area contributed by atoms with Crippen LogP contribution in [0.15, 0.2) is 51.7 Å². The van der Waals surface area contributed by atoms with E-state index in [4.69, 9.17) is 20.8 Å². The molecule has 0 aliphatic carbocycles. The van der Waals surface area contributed by atoms with Crippen LogP contribution in [0, 0.1) is 0 Å². The Morgan fingerprint density at radius 1 is 1.17 bits per heavy atom. The topological polar surface area (TPSA) is 77.6 Å². The van der Waals surface area contributed by atoms with E-state index in [2.05, 4.69) is 16.9 Å². The van der Waals surface area contributed by atoms with Gasteiger partial charge in [-0.2, -0.15) is 17.9 Å². The van der Waals surface area contributed by atoms with Crippen LogP contribution in [0.2, 0.25) is 5.02 Å². The van der Waals surface area contributed by atoms with Crippen molar-refractivity contribution in [3.63, 3.8) is 0 Å². The van der Waals surface area contributed by atoms with E-state index in [-0.39, 0.29) is 30.2 Å². The van der Waals surface area contributed by atoms with Gasteiger partial charge in [-0.05, 0) is 75.4 Å². The first-order valence-electron chi connectivity index (χ1n) is 11.0. The summed E-state index contributed by atoms with van der Waals surface area (Å²) in [5.41, 5.74) is -0.197. The highest BCUT2D eigenvalue weighted by atomic mass is 35.5. The Labute approximate surface area is 205 Å². The standard InChI is InChI=1S/C24H25ClF3N3O4/c1-3-30(2)13-5-4-6-21(32)34-20-12-11-19(25)14-17(20)15-31-23(33)35-22(29-31)16-7-9-18(10-8-16)24(26,27)28/h7-12,14H,3-6,13,15H2,1-2H3. The second-order valence-electron chi connectivity index (χ2n) is 7.98. The molecule has 0 aliphatic heterocycles. The Balaban J connectivity index is 1.71. The summed E-state index contributed by atoms with van der Waals surface area (Å²) in [6.45, 7) is 3.75. The van der Waals surface area contributed by atoms with Gasteiger partial charge in [0.1, 0.15) is 5.75 Å². The predicted molar refractivity (Wildman–Crippen MR) is 124 cm³/mol. The number of alkyl halides is 3. The fourth-order valence-corrected chi connectivity index (χ4v) is 3.43. The molecule has 0 bridgehead atoms. The molecule has 0 N–H and O–H groups in total. The highest BCUT2D eigenvalue weighted by Gasteiger charge is 2.30. The van der Waals surface area contributed by atoms with Gasteiger partial charge in [-0.25, -0.2) is 4.79 Å². The first-order chi connectivity index (χ1) is 16.6. The monoisotopic (exact) mass is 511 g/mol. The predicted octanol–water partition coefficient (Wildman–Crippen LogP) is 5.25. The van der Waals surface area contributed by atoms with Crippen molar-refractivity contribution in [2.24, 2.45) is 0 Å². The van der Waals surface area contributed by atoms with Gasteiger partial charge in [-0.3, -0.25) is 4.79 Å². The summed E-state index contributed by atoms with van der Waals surface area (Å²) < 4.78 is 49.9. The molecule has 11 heteroatoms. The first kappa shape index (κ1) is 26.5. The van der Waals surface area contributed by atoms with Crippen molar-refractivity contribution in [2.45, 2.75) is 38.9 Å². The molecule has 0 unspecified atom stereocenters. The number of hydrogen-bond donors (Lipinski definition) is 0. The lowest BCUT2D eigenvalue weighted by Gasteiger charge is -2.13. The number of ether oxygens (including phenoxy) is 1. The van der Waals surface area contributed by atoms with Crippen LogP contribution in [0.1, 0.15) is 37.3 Å². The largest absolute Gasteiger partial charge is 0.437 e.